The molecule has 0 atom stereocenters. The molecule has 0 aromatic carbocycles. The molecule has 8 N–H and O–H groups in total. The summed E-state index contributed by atoms with van der Waals surface area (Å²) in [5.41, 5.74) is 0. The molecular weight excluding hydrogens is 104 g/mol. The Morgan fingerprint density at radius 3 is 0.600 bits per heavy atom. The Hall–Kier alpha value is 1.10. The van der Waals surface area contributed by atoms with Gasteiger partial charge in [-0.1, -0.05) is 0 Å². The fourth-order valence-electron chi connectivity index (χ4n) is 0. The maximum absolute atomic E-state index is 0. The van der Waals surface area contributed by atoms with E-state index in [1.807, 2.05) is 0 Å². The van der Waals surface area contributed by atoms with Crippen molar-refractivity contribution in [2.45, 2.75) is 0 Å². The average molecular weight is 114 g/mol. The van der Waals surface area contributed by atoms with Gasteiger partial charge in [0.25, 0.3) is 0 Å². The van der Waals surface area contributed by atoms with Crippen LogP contribution in [0.1, 0.15) is 2.85 Å². The van der Waals surface area contributed by atoms with Crippen molar-refractivity contribution in [2.75, 3.05) is 0 Å². The molecule has 5 heavy (non-hydrogen) atoms. The van der Waals surface area contributed by atoms with Gasteiger partial charge in [-0.05, 0) is 0 Å². The summed E-state index contributed by atoms with van der Waals surface area (Å²) < 4.78 is 0. The fourth-order valence-corrected chi connectivity index (χ4v) is 0. The molecular formula is H10CaO4. The molecule has 0 aliphatic heterocycles. The molecule has 0 rings (SSSR count). The maximum atomic E-state index is 0. The Bertz CT molecular complexity index is 9.65. The van der Waals surface area contributed by atoms with E-state index in [-0.39, 0.29) is 62.5 Å². The molecule has 0 saturated heterocycles. The molecule has 0 aromatic rings. The Balaban J connectivity index is 0. The molecule has 0 heterocycles. The molecule has 0 aromatic heterocycles. The third-order valence-corrected chi connectivity index (χ3v) is 0. The minimum absolute atomic E-state index is 0. The molecule has 5 heteroatoms. The quantitative estimate of drug-likeness (QED) is 0.290. The predicted molar refractivity (Wildman–Crippen MR) is 22.4 cm³/mol. The summed E-state index contributed by atoms with van der Waals surface area (Å²) in [6.45, 7) is 0. The smallest absolute Gasteiger partial charge is 1.00 e. The predicted octanol–water partition coefficient (Wildman–Crippen LogP) is -3.45. The van der Waals surface area contributed by atoms with Gasteiger partial charge >= 0.3 is 37.7 Å². The fraction of sp³-hybridized carbons (Fsp3) is 0. The van der Waals surface area contributed by atoms with Gasteiger partial charge in [0.15, 0.2) is 0 Å². The molecule has 0 aliphatic rings. The van der Waals surface area contributed by atoms with Gasteiger partial charge in [0, 0.05) is 0 Å². The molecule has 0 aliphatic carbocycles. The van der Waals surface area contributed by atoms with Gasteiger partial charge in [-0.15, -0.1) is 0 Å². The van der Waals surface area contributed by atoms with Crippen molar-refractivity contribution in [2.24, 2.45) is 0 Å². The van der Waals surface area contributed by atoms with Crippen LogP contribution in [0.4, 0.5) is 0 Å². The Kier molecular flexibility index (Phi) is 1860. The zero-order valence-electron chi connectivity index (χ0n) is 4.71. The molecule has 0 bridgehead atoms. The van der Waals surface area contributed by atoms with E-state index in [0.717, 1.165) is 0 Å². The van der Waals surface area contributed by atoms with Crippen molar-refractivity contribution in [1.29, 1.82) is 0 Å². The van der Waals surface area contributed by atoms with Gasteiger partial charge in [-0.3, -0.25) is 0 Å². The molecule has 0 radical (unpaired) electrons. The topological polar surface area (TPSA) is 126 Å². The van der Waals surface area contributed by atoms with Crippen LogP contribution >= 0.6 is 0 Å². The second kappa shape index (κ2) is 70.9. The molecule has 0 amide bonds. The molecule has 4 nitrogen and oxygen atoms in total. The normalized spacial score (nSPS) is 0. The van der Waals surface area contributed by atoms with Crippen LogP contribution in [0.25, 0.3) is 0 Å². The molecule has 0 fully saturated rings. The van der Waals surface area contributed by atoms with Crippen LogP contribution in [-0.4, -0.2) is 59.6 Å². The zero-order valence-corrected chi connectivity index (χ0v) is 4.92. The van der Waals surface area contributed by atoms with Crippen LogP contribution in [0, 0.1) is 0 Å². The number of hydrogen-bond acceptors (Lipinski definition) is 0. The average Bonchev–Trinajstić information content (AvgIpc) is 0. The summed E-state index contributed by atoms with van der Waals surface area (Å²) in [4.78, 5) is 0. The van der Waals surface area contributed by atoms with Crippen LogP contribution < -0.4 is 0 Å². The van der Waals surface area contributed by atoms with Gasteiger partial charge in [0.2, 0.25) is 0 Å². The van der Waals surface area contributed by atoms with Gasteiger partial charge in [0.05, 0.1) is 0 Å². The van der Waals surface area contributed by atoms with E-state index >= 15 is 0 Å². The minimum atomic E-state index is 0. The molecule has 0 saturated carbocycles. The Morgan fingerprint density at radius 1 is 0.600 bits per heavy atom. The van der Waals surface area contributed by atoms with E-state index in [0.29, 0.717) is 0 Å². The summed E-state index contributed by atoms with van der Waals surface area (Å²) in [6.07, 6.45) is 0. The third kappa shape index (κ3) is 40.5. The van der Waals surface area contributed by atoms with Gasteiger partial charge in [0.1, 0.15) is 0 Å². The first kappa shape index (κ1) is 131. The van der Waals surface area contributed by atoms with Crippen LogP contribution in [0.2, 0.25) is 0 Å². The van der Waals surface area contributed by atoms with E-state index in [1.54, 1.807) is 0 Å². The van der Waals surface area contributed by atoms with Crippen LogP contribution in [0.5, 0.6) is 0 Å². The molecule has 36 valence electrons. The van der Waals surface area contributed by atoms with Crippen LogP contribution in [0.3, 0.4) is 0 Å². The van der Waals surface area contributed by atoms with Gasteiger partial charge in [-0.2, -0.15) is 0 Å². The first-order valence-electron chi connectivity index (χ1n) is 0. The van der Waals surface area contributed by atoms with E-state index in [4.69, 9.17) is 0 Å². The maximum Gasteiger partial charge on any atom is 2.00 e. The minimum Gasteiger partial charge on any atom is -1.00 e. The van der Waals surface area contributed by atoms with E-state index in [2.05, 4.69) is 0 Å². The van der Waals surface area contributed by atoms with E-state index in [1.165, 1.54) is 0 Å². The zero-order chi connectivity index (χ0) is 0. The summed E-state index contributed by atoms with van der Waals surface area (Å²) >= 11 is 0. The van der Waals surface area contributed by atoms with Crippen molar-refractivity contribution < 1.29 is 24.8 Å². The summed E-state index contributed by atoms with van der Waals surface area (Å²) in [6, 6.07) is 0. The summed E-state index contributed by atoms with van der Waals surface area (Å²) in [7, 11) is 0. The molecule has 0 spiro atoms. The van der Waals surface area contributed by atoms with E-state index in [9.17, 15) is 0 Å². The van der Waals surface area contributed by atoms with Crippen molar-refractivity contribution >= 4 is 37.7 Å². The third-order valence-electron chi connectivity index (χ3n) is 0. The standard InChI is InChI=1S/Ca.4H2O.2H/h;4*1H2;;/q+2;;;;;2*-1. The van der Waals surface area contributed by atoms with Crippen LogP contribution in [-0.2, 0) is 0 Å². The van der Waals surface area contributed by atoms with Crippen molar-refractivity contribution in [3.63, 3.8) is 0 Å². The van der Waals surface area contributed by atoms with Crippen molar-refractivity contribution in [1.82, 2.24) is 0 Å². The number of rotatable bonds is 0. The largest absolute Gasteiger partial charge is 2.00 e. The number of hydrogen-bond donors (Lipinski definition) is 0. The second-order valence-corrected chi connectivity index (χ2v) is 0. The van der Waals surface area contributed by atoms with E-state index < -0.39 is 0 Å². The first-order valence-corrected chi connectivity index (χ1v) is 0. The monoisotopic (exact) mass is 114 g/mol. The first-order chi connectivity index (χ1) is 0. The Labute approximate surface area is 62.4 Å². The van der Waals surface area contributed by atoms with Gasteiger partial charge < -0.3 is 24.8 Å². The molecule has 0 unspecified atom stereocenters. The SMILES string of the molecule is O.O.O.O.[Ca+2].[H-].[H-]. The van der Waals surface area contributed by atoms with Crippen molar-refractivity contribution in [3.05, 3.63) is 0 Å². The van der Waals surface area contributed by atoms with Crippen molar-refractivity contribution in [3.8, 4) is 0 Å². The summed E-state index contributed by atoms with van der Waals surface area (Å²) in [5.74, 6) is 0. The van der Waals surface area contributed by atoms with Crippen LogP contribution in [0.15, 0.2) is 0 Å². The Morgan fingerprint density at radius 2 is 0.600 bits per heavy atom. The summed E-state index contributed by atoms with van der Waals surface area (Å²) in [5, 5.41) is 0. The van der Waals surface area contributed by atoms with Gasteiger partial charge in [-0.25, -0.2) is 0 Å². The second-order valence-electron chi connectivity index (χ2n) is 0.